The number of hydrogen-bond donors (Lipinski definition) is 1. The molecule has 0 aromatic heterocycles. The molecule has 0 radical (unpaired) electrons. The Morgan fingerprint density at radius 3 is 2.62 bits per heavy atom. The molecular weight excluding hydrogens is 307 g/mol. The fourth-order valence-electron chi connectivity index (χ4n) is 3.29. The monoisotopic (exact) mass is 330 g/mol. The van der Waals surface area contributed by atoms with E-state index in [-0.39, 0.29) is 17.9 Å². The van der Waals surface area contributed by atoms with Crippen LogP contribution >= 0.6 is 0 Å². The van der Waals surface area contributed by atoms with E-state index in [0.717, 1.165) is 43.7 Å². The Balaban J connectivity index is 1.77. The molecule has 2 atom stereocenters. The third-order valence-electron chi connectivity index (χ3n) is 4.96. The SMILES string of the molecule is CC(=C(/N)c1ccc(F)cc1)/C(C)=N/C(=O)N1CCN2CCC1C2. The van der Waals surface area contributed by atoms with Crippen molar-refractivity contribution in [3.63, 3.8) is 0 Å². The highest BCUT2D eigenvalue weighted by atomic mass is 19.1. The molecule has 3 rings (SSSR count). The predicted octanol–water partition coefficient (Wildman–Crippen LogP) is 2.49. The van der Waals surface area contributed by atoms with Gasteiger partial charge >= 0.3 is 6.03 Å². The van der Waals surface area contributed by atoms with Gasteiger partial charge in [-0.15, -0.1) is 0 Å². The minimum absolute atomic E-state index is 0.190. The first-order chi connectivity index (χ1) is 11.5. The van der Waals surface area contributed by atoms with E-state index < -0.39 is 0 Å². The summed E-state index contributed by atoms with van der Waals surface area (Å²) in [6.07, 6.45) is 1.02. The standard InChI is InChI=1S/C18H23FN4O/c1-12(17(20)14-3-5-15(19)6-4-14)13(2)21-18(24)23-10-9-22-8-7-16(23)11-22/h3-6,16H,7-11,20H2,1-2H3/b17-12-,21-13+. The van der Waals surface area contributed by atoms with Crippen LogP contribution in [0.2, 0.25) is 0 Å². The van der Waals surface area contributed by atoms with Crippen molar-refractivity contribution >= 4 is 17.4 Å². The highest BCUT2D eigenvalue weighted by Gasteiger charge is 2.35. The van der Waals surface area contributed by atoms with Crippen molar-refractivity contribution in [3.8, 4) is 0 Å². The molecule has 2 aliphatic heterocycles. The second-order valence-corrected chi connectivity index (χ2v) is 6.46. The summed E-state index contributed by atoms with van der Waals surface area (Å²) in [6, 6.07) is 6.08. The van der Waals surface area contributed by atoms with Gasteiger partial charge < -0.3 is 10.6 Å². The predicted molar refractivity (Wildman–Crippen MR) is 93.2 cm³/mol. The fourth-order valence-corrected chi connectivity index (χ4v) is 3.29. The number of carbonyl (C=O) groups excluding carboxylic acids is 1. The Kier molecular flexibility index (Phi) is 4.66. The molecule has 2 fully saturated rings. The van der Waals surface area contributed by atoms with Crippen LogP contribution in [0.3, 0.4) is 0 Å². The zero-order chi connectivity index (χ0) is 17.3. The van der Waals surface area contributed by atoms with Gasteiger partial charge in [-0.05, 0) is 55.7 Å². The molecule has 1 aromatic rings. The summed E-state index contributed by atoms with van der Waals surface area (Å²) in [5.41, 5.74) is 8.72. The van der Waals surface area contributed by atoms with Gasteiger partial charge in [0, 0.05) is 43.6 Å². The fraction of sp³-hybridized carbons (Fsp3) is 0.444. The normalized spacial score (nSPS) is 24.8. The molecule has 2 saturated heterocycles. The molecule has 128 valence electrons. The van der Waals surface area contributed by atoms with Crippen LogP contribution in [0.4, 0.5) is 9.18 Å². The van der Waals surface area contributed by atoms with Crippen molar-refractivity contribution in [3.05, 3.63) is 41.2 Å². The van der Waals surface area contributed by atoms with Gasteiger partial charge in [-0.1, -0.05) is 0 Å². The van der Waals surface area contributed by atoms with Gasteiger partial charge in [0.1, 0.15) is 5.82 Å². The molecule has 2 amide bonds. The van der Waals surface area contributed by atoms with Crippen LogP contribution in [0.15, 0.2) is 34.8 Å². The van der Waals surface area contributed by atoms with Crippen LogP contribution in [-0.2, 0) is 0 Å². The number of benzene rings is 1. The third kappa shape index (κ3) is 3.33. The highest BCUT2D eigenvalue weighted by Crippen LogP contribution is 2.22. The smallest absolute Gasteiger partial charge is 0.344 e. The molecule has 1 aromatic carbocycles. The van der Waals surface area contributed by atoms with Crippen LogP contribution in [0.25, 0.3) is 5.70 Å². The number of piperazine rings is 1. The van der Waals surface area contributed by atoms with Crippen LogP contribution < -0.4 is 5.73 Å². The topological polar surface area (TPSA) is 61.9 Å². The van der Waals surface area contributed by atoms with Crippen molar-refractivity contribution in [2.75, 3.05) is 26.2 Å². The minimum atomic E-state index is -0.305. The van der Waals surface area contributed by atoms with Crippen LogP contribution in [0, 0.1) is 5.82 Å². The summed E-state index contributed by atoms with van der Waals surface area (Å²) in [6.45, 7) is 7.28. The van der Waals surface area contributed by atoms with E-state index in [4.69, 9.17) is 5.73 Å². The summed E-state index contributed by atoms with van der Waals surface area (Å²) in [7, 11) is 0. The Morgan fingerprint density at radius 2 is 1.92 bits per heavy atom. The summed E-state index contributed by atoms with van der Waals surface area (Å²) in [4.78, 5) is 21.0. The first-order valence-corrected chi connectivity index (χ1v) is 8.26. The average Bonchev–Trinajstić information content (AvgIpc) is 2.95. The number of carbonyl (C=O) groups is 1. The summed E-state index contributed by atoms with van der Waals surface area (Å²) in [5.74, 6) is -0.305. The first kappa shape index (κ1) is 16.6. The lowest BCUT2D eigenvalue weighted by molar-refractivity contribution is 0.150. The van der Waals surface area contributed by atoms with Crippen LogP contribution in [0.1, 0.15) is 25.8 Å². The Bertz CT molecular complexity index is 695. The lowest BCUT2D eigenvalue weighted by Gasteiger charge is -2.33. The average molecular weight is 330 g/mol. The number of allylic oxidation sites excluding steroid dienone is 1. The third-order valence-corrected chi connectivity index (χ3v) is 4.96. The van der Waals surface area contributed by atoms with Gasteiger partial charge in [-0.25, -0.2) is 9.18 Å². The van der Waals surface area contributed by atoms with E-state index in [0.29, 0.717) is 11.4 Å². The molecule has 2 bridgehead atoms. The van der Waals surface area contributed by atoms with Gasteiger partial charge in [0.05, 0.1) is 0 Å². The van der Waals surface area contributed by atoms with E-state index in [2.05, 4.69) is 9.89 Å². The second kappa shape index (κ2) is 6.73. The Labute approximate surface area is 141 Å². The molecule has 0 saturated carbocycles. The van der Waals surface area contributed by atoms with Gasteiger partial charge in [0.2, 0.25) is 0 Å². The maximum atomic E-state index is 13.0. The molecular formula is C18H23FN4O. The number of urea groups is 1. The van der Waals surface area contributed by atoms with Gasteiger partial charge in [0.15, 0.2) is 0 Å². The molecule has 2 unspecified atom stereocenters. The minimum Gasteiger partial charge on any atom is -0.398 e. The number of nitrogens with zero attached hydrogens (tertiary/aromatic N) is 3. The highest BCUT2D eigenvalue weighted by molar-refractivity contribution is 6.08. The van der Waals surface area contributed by atoms with E-state index >= 15 is 0 Å². The zero-order valence-corrected chi connectivity index (χ0v) is 14.1. The molecule has 0 spiro atoms. The van der Waals surface area contributed by atoms with Gasteiger partial charge in [0.25, 0.3) is 0 Å². The summed E-state index contributed by atoms with van der Waals surface area (Å²) < 4.78 is 13.0. The number of rotatable bonds is 2. The molecule has 2 heterocycles. The number of nitrogens with two attached hydrogens (primary N) is 1. The van der Waals surface area contributed by atoms with Gasteiger partial charge in [-0.2, -0.15) is 4.99 Å². The molecule has 2 N–H and O–H groups in total. The van der Waals surface area contributed by atoms with E-state index in [9.17, 15) is 9.18 Å². The lowest BCUT2D eigenvalue weighted by Crippen LogP contribution is -2.48. The van der Waals surface area contributed by atoms with Crippen LogP contribution in [-0.4, -0.2) is 53.8 Å². The number of fused-ring (bicyclic) bond motifs is 2. The number of hydrogen-bond acceptors (Lipinski definition) is 3. The van der Waals surface area contributed by atoms with Crippen molar-refractivity contribution < 1.29 is 9.18 Å². The largest absolute Gasteiger partial charge is 0.398 e. The Morgan fingerprint density at radius 1 is 1.21 bits per heavy atom. The quantitative estimate of drug-likeness (QED) is 0.848. The number of aliphatic imine (C=N–C) groups is 1. The zero-order valence-electron chi connectivity index (χ0n) is 14.1. The molecule has 2 aliphatic rings. The second-order valence-electron chi connectivity index (χ2n) is 6.46. The number of amides is 2. The van der Waals surface area contributed by atoms with Gasteiger partial charge in [-0.3, -0.25) is 4.90 Å². The summed E-state index contributed by atoms with van der Waals surface area (Å²) >= 11 is 0. The Hall–Kier alpha value is -2.21. The lowest BCUT2D eigenvalue weighted by atomic mass is 10.1. The molecule has 24 heavy (non-hydrogen) atoms. The van der Waals surface area contributed by atoms with Crippen molar-refractivity contribution in [1.29, 1.82) is 0 Å². The van der Waals surface area contributed by atoms with Crippen molar-refractivity contribution in [2.24, 2.45) is 10.7 Å². The van der Waals surface area contributed by atoms with Crippen LogP contribution in [0.5, 0.6) is 0 Å². The van der Waals surface area contributed by atoms with E-state index in [1.807, 2.05) is 11.8 Å². The molecule has 0 aliphatic carbocycles. The first-order valence-electron chi connectivity index (χ1n) is 8.26. The summed E-state index contributed by atoms with van der Waals surface area (Å²) in [5, 5.41) is 0. The van der Waals surface area contributed by atoms with Crippen molar-refractivity contribution in [2.45, 2.75) is 26.3 Å². The molecule has 5 nitrogen and oxygen atoms in total. The molecule has 6 heteroatoms. The van der Waals surface area contributed by atoms with Crippen molar-refractivity contribution in [1.82, 2.24) is 9.80 Å². The van der Waals surface area contributed by atoms with E-state index in [1.54, 1.807) is 19.1 Å². The van der Waals surface area contributed by atoms with E-state index in [1.165, 1.54) is 12.1 Å². The maximum absolute atomic E-state index is 13.0. The maximum Gasteiger partial charge on any atom is 0.344 e. The number of halogens is 1.